The van der Waals surface area contributed by atoms with Crippen molar-refractivity contribution in [1.29, 1.82) is 0 Å². The van der Waals surface area contributed by atoms with Crippen molar-refractivity contribution in [3.63, 3.8) is 0 Å². The topological polar surface area (TPSA) is 33.4 Å². The lowest BCUT2D eigenvalue weighted by Crippen LogP contribution is -2.19. The first-order chi connectivity index (χ1) is 6.82. The molecule has 0 aromatic carbocycles. The molecule has 0 spiro atoms. The zero-order valence-corrected chi connectivity index (χ0v) is 11.3. The smallest absolute Gasteiger partial charge is 0.146 e. The normalized spacial score (nSPS) is 16.4. The molecular weight excluding hydrogens is 256 g/mol. The van der Waals surface area contributed by atoms with Crippen LogP contribution in [0.15, 0.2) is 21.2 Å². The van der Waals surface area contributed by atoms with E-state index in [1.165, 1.54) is 0 Å². The molecule has 0 fully saturated rings. The molecule has 1 aromatic rings. The summed E-state index contributed by atoms with van der Waals surface area (Å²) in [5.74, 6) is 1.07. The molecule has 0 saturated carbocycles. The summed E-state index contributed by atoms with van der Waals surface area (Å²) in [6.45, 7) is 8.70. The molecule has 0 aliphatic heterocycles. The second-order valence-electron chi connectivity index (χ2n) is 5.15. The first-order valence-corrected chi connectivity index (χ1v) is 6.02. The SMILES string of the molecule is CC(CC(O)c1occc1Br)C(C)(C)C. The minimum Gasteiger partial charge on any atom is -0.465 e. The van der Waals surface area contributed by atoms with E-state index in [2.05, 4.69) is 43.6 Å². The van der Waals surface area contributed by atoms with Crippen LogP contribution in [0.4, 0.5) is 0 Å². The Kier molecular flexibility index (Phi) is 4.01. The first kappa shape index (κ1) is 12.8. The number of hydrogen-bond acceptors (Lipinski definition) is 2. The van der Waals surface area contributed by atoms with Crippen molar-refractivity contribution in [2.24, 2.45) is 11.3 Å². The molecule has 0 aliphatic carbocycles. The molecule has 0 bridgehead atoms. The average Bonchev–Trinajstić information content (AvgIpc) is 2.49. The van der Waals surface area contributed by atoms with Gasteiger partial charge in [-0.3, -0.25) is 0 Å². The molecule has 1 N–H and O–H groups in total. The van der Waals surface area contributed by atoms with Crippen molar-refractivity contribution in [3.05, 3.63) is 22.6 Å². The van der Waals surface area contributed by atoms with Crippen molar-refractivity contribution in [1.82, 2.24) is 0 Å². The van der Waals surface area contributed by atoms with Crippen LogP contribution in [-0.4, -0.2) is 5.11 Å². The van der Waals surface area contributed by atoms with Crippen LogP contribution in [0.3, 0.4) is 0 Å². The maximum atomic E-state index is 10.0. The number of halogens is 1. The quantitative estimate of drug-likeness (QED) is 0.899. The van der Waals surface area contributed by atoms with E-state index < -0.39 is 6.10 Å². The fraction of sp³-hybridized carbons (Fsp3) is 0.667. The molecule has 1 rings (SSSR count). The van der Waals surface area contributed by atoms with E-state index in [1.807, 2.05) is 0 Å². The lowest BCUT2D eigenvalue weighted by atomic mass is 9.79. The van der Waals surface area contributed by atoms with Gasteiger partial charge in [0.15, 0.2) is 0 Å². The molecule has 2 nitrogen and oxygen atoms in total. The van der Waals surface area contributed by atoms with Crippen LogP contribution >= 0.6 is 15.9 Å². The molecular formula is C12H19BrO2. The van der Waals surface area contributed by atoms with Gasteiger partial charge in [-0.1, -0.05) is 27.7 Å². The van der Waals surface area contributed by atoms with Gasteiger partial charge in [-0.2, -0.15) is 0 Å². The zero-order valence-electron chi connectivity index (χ0n) is 9.75. The Morgan fingerprint density at radius 1 is 1.47 bits per heavy atom. The Balaban J connectivity index is 2.64. The summed E-state index contributed by atoms with van der Waals surface area (Å²) in [6.07, 6.45) is 1.78. The highest BCUT2D eigenvalue weighted by Gasteiger charge is 2.25. The Bertz CT molecular complexity index is 312. The van der Waals surface area contributed by atoms with Crippen molar-refractivity contribution in [2.45, 2.75) is 40.2 Å². The number of aliphatic hydroxyl groups excluding tert-OH is 1. The highest BCUT2D eigenvalue weighted by atomic mass is 79.9. The van der Waals surface area contributed by atoms with Crippen LogP contribution in [0.25, 0.3) is 0 Å². The van der Waals surface area contributed by atoms with Gasteiger partial charge in [-0.25, -0.2) is 0 Å². The molecule has 1 heterocycles. The van der Waals surface area contributed by atoms with Gasteiger partial charge in [0.1, 0.15) is 11.9 Å². The van der Waals surface area contributed by atoms with Gasteiger partial charge in [0.05, 0.1) is 10.7 Å². The van der Waals surface area contributed by atoms with Crippen LogP contribution in [-0.2, 0) is 0 Å². The summed E-state index contributed by atoms with van der Waals surface area (Å²) >= 11 is 3.35. The predicted molar refractivity (Wildman–Crippen MR) is 64.6 cm³/mol. The van der Waals surface area contributed by atoms with Gasteiger partial charge >= 0.3 is 0 Å². The third-order valence-corrected chi connectivity index (χ3v) is 3.66. The highest BCUT2D eigenvalue weighted by Crippen LogP contribution is 2.35. The van der Waals surface area contributed by atoms with E-state index in [9.17, 15) is 5.11 Å². The summed E-state index contributed by atoms with van der Waals surface area (Å²) < 4.78 is 6.09. The molecule has 0 radical (unpaired) electrons. The van der Waals surface area contributed by atoms with Gasteiger partial charge in [-0.15, -0.1) is 0 Å². The van der Waals surface area contributed by atoms with Gasteiger partial charge in [-0.05, 0) is 39.8 Å². The number of rotatable bonds is 3. The number of furan rings is 1. The summed E-state index contributed by atoms with van der Waals surface area (Å²) in [4.78, 5) is 0. The monoisotopic (exact) mass is 274 g/mol. The molecule has 0 saturated heterocycles. The standard InChI is InChI=1S/C12H19BrO2/c1-8(12(2,3)4)7-10(14)11-9(13)5-6-15-11/h5-6,8,10,14H,7H2,1-4H3. The summed E-state index contributed by atoms with van der Waals surface area (Å²) in [6, 6.07) is 1.81. The lowest BCUT2D eigenvalue weighted by Gasteiger charge is -2.28. The predicted octanol–water partition coefficient (Wildman–Crippen LogP) is 4.15. The first-order valence-electron chi connectivity index (χ1n) is 5.23. The molecule has 15 heavy (non-hydrogen) atoms. The van der Waals surface area contributed by atoms with Crippen molar-refractivity contribution < 1.29 is 9.52 Å². The Hall–Kier alpha value is -0.280. The lowest BCUT2D eigenvalue weighted by molar-refractivity contribution is 0.0918. The summed E-state index contributed by atoms with van der Waals surface area (Å²) in [5, 5.41) is 10.0. The second-order valence-corrected chi connectivity index (χ2v) is 6.01. The van der Waals surface area contributed by atoms with Crippen LogP contribution in [0.5, 0.6) is 0 Å². The average molecular weight is 275 g/mol. The number of hydrogen-bond donors (Lipinski definition) is 1. The molecule has 2 unspecified atom stereocenters. The largest absolute Gasteiger partial charge is 0.465 e. The fourth-order valence-corrected chi connectivity index (χ4v) is 1.80. The molecule has 2 atom stereocenters. The van der Waals surface area contributed by atoms with E-state index in [1.54, 1.807) is 12.3 Å². The van der Waals surface area contributed by atoms with Gasteiger partial charge in [0.2, 0.25) is 0 Å². The van der Waals surface area contributed by atoms with E-state index in [-0.39, 0.29) is 5.41 Å². The van der Waals surface area contributed by atoms with E-state index >= 15 is 0 Å². The van der Waals surface area contributed by atoms with Gasteiger partial charge in [0, 0.05) is 0 Å². The fourth-order valence-electron chi connectivity index (χ4n) is 1.34. The number of aliphatic hydroxyl groups is 1. The Labute approximate surface area is 99.8 Å². The Morgan fingerprint density at radius 2 is 2.07 bits per heavy atom. The van der Waals surface area contributed by atoms with Crippen molar-refractivity contribution >= 4 is 15.9 Å². The van der Waals surface area contributed by atoms with Gasteiger partial charge in [0.25, 0.3) is 0 Å². The minimum atomic E-state index is -0.524. The summed E-state index contributed by atoms with van der Waals surface area (Å²) in [7, 11) is 0. The molecule has 0 aliphatic rings. The van der Waals surface area contributed by atoms with Gasteiger partial charge < -0.3 is 9.52 Å². The van der Waals surface area contributed by atoms with Crippen LogP contribution < -0.4 is 0 Å². The molecule has 1 aromatic heterocycles. The van der Waals surface area contributed by atoms with E-state index in [4.69, 9.17) is 4.42 Å². The molecule has 3 heteroatoms. The zero-order chi connectivity index (χ0) is 11.6. The van der Waals surface area contributed by atoms with Crippen LogP contribution in [0.1, 0.15) is 46.0 Å². The Morgan fingerprint density at radius 3 is 2.47 bits per heavy atom. The van der Waals surface area contributed by atoms with Crippen LogP contribution in [0, 0.1) is 11.3 Å². The van der Waals surface area contributed by atoms with Crippen molar-refractivity contribution in [3.8, 4) is 0 Å². The maximum Gasteiger partial charge on any atom is 0.146 e. The minimum absolute atomic E-state index is 0.208. The van der Waals surface area contributed by atoms with Crippen molar-refractivity contribution in [2.75, 3.05) is 0 Å². The van der Waals surface area contributed by atoms with E-state index in [0.29, 0.717) is 11.7 Å². The maximum absolute atomic E-state index is 10.0. The third-order valence-electron chi connectivity index (χ3n) is 3.00. The second kappa shape index (κ2) is 4.71. The van der Waals surface area contributed by atoms with E-state index in [0.717, 1.165) is 10.9 Å². The third kappa shape index (κ3) is 3.35. The summed E-state index contributed by atoms with van der Waals surface area (Å²) in [5.41, 5.74) is 0.208. The highest BCUT2D eigenvalue weighted by molar-refractivity contribution is 9.10. The van der Waals surface area contributed by atoms with Crippen LogP contribution in [0.2, 0.25) is 0 Å². The molecule has 86 valence electrons. The molecule has 0 amide bonds.